The van der Waals surface area contributed by atoms with E-state index in [1.54, 1.807) is 29.5 Å². The standard InChI is InChI=1S/C23H22N4O3S/c1-14-25-20-13-17(6-8-21(20)27(14)9-10-30-15(2)28)23(29)26-19-12-16(5-7-18(19)24)22-4-3-11-31-22/h3-8,11-13H,9-10,24H2,1-2H3,(H,26,29). The number of hydrogen-bond donors (Lipinski definition) is 2. The van der Waals surface area contributed by atoms with Crippen molar-refractivity contribution in [3.63, 3.8) is 0 Å². The Bertz CT molecular complexity index is 1260. The maximum absolute atomic E-state index is 12.9. The molecule has 2 aromatic heterocycles. The largest absolute Gasteiger partial charge is 0.464 e. The van der Waals surface area contributed by atoms with Crippen LogP contribution in [0.2, 0.25) is 0 Å². The van der Waals surface area contributed by atoms with E-state index in [1.807, 2.05) is 47.2 Å². The van der Waals surface area contributed by atoms with E-state index >= 15 is 0 Å². The Labute approximate surface area is 183 Å². The van der Waals surface area contributed by atoms with Gasteiger partial charge in [-0.25, -0.2) is 4.98 Å². The van der Waals surface area contributed by atoms with E-state index in [0.29, 0.717) is 29.0 Å². The van der Waals surface area contributed by atoms with Gasteiger partial charge in [-0.3, -0.25) is 9.59 Å². The summed E-state index contributed by atoms with van der Waals surface area (Å²) in [6.45, 7) is 4.03. The molecule has 3 N–H and O–H groups in total. The molecular formula is C23H22N4O3S. The predicted molar refractivity (Wildman–Crippen MR) is 123 cm³/mol. The van der Waals surface area contributed by atoms with Crippen LogP contribution < -0.4 is 11.1 Å². The van der Waals surface area contributed by atoms with Gasteiger partial charge in [0.15, 0.2) is 0 Å². The van der Waals surface area contributed by atoms with Gasteiger partial charge in [-0.05, 0) is 54.3 Å². The molecule has 0 aliphatic carbocycles. The number of hydrogen-bond acceptors (Lipinski definition) is 6. The lowest BCUT2D eigenvalue weighted by Gasteiger charge is -2.10. The number of nitrogen functional groups attached to an aromatic ring is 1. The molecule has 0 aliphatic heterocycles. The summed E-state index contributed by atoms with van der Waals surface area (Å²) in [5.41, 5.74) is 10.2. The molecular weight excluding hydrogens is 412 g/mol. The summed E-state index contributed by atoms with van der Waals surface area (Å²) in [7, 11) is 0. The summed E-state index contributed by atoms with van der Waals surface area (Å²) in [5, 5.41) is 4.92. The number of aryl methyl sites for hydroxylation is 1. The Kier molecular flexibility index (Phi) is 5.73. The van der Waals surface area contributed by atoms with Crippen LogP contribution in [0, 0.1) is 6.92 Å². The third-order valence-corrected chi connectivity index (χ3v) is 5.85. The smallest absolute Gasteiger partial charge is 0.302 e. The summed E-state index contributed by atoms with van der Waals surface area (Å²) in [6.07, 6.45) is 0. The molecule has 0 aliphatic rings. The highest BCUT2D eigenvalue weighted by Gasteiger charge is 2.14. The molecule has 2 heterocycles. The lowest BCUT2D eigenvalue weighted by molar-refractivity contribution is -0.141. The molecule has 7 nitrogen and oxygen atoms in total. The molecule has 2 aromatic carbocycles. The fourth-order valence-electron chi connectivity index (χ4n) is 3.41. The maximum atomic E-state index is 12.9. The van der Waals surface area contributed by atoms with Gasteiger partial charge >= 0.3 is 5.97 Å². The number of fused-ring (bicyclic) bond motifs is 1. The Morgan fingerprint density at radius 3 is 2.77 bits per heavy atom. The highest BCUT2D eigenvalue weighted by molar-refractivity contribution is 7.13. The first-order chi connectivity index (χ1) is 14.9. The van der Waals surface area contributed by atoms with E-state index in [2.05, 4.69) is 10.3 Å². The number of nitrogens with zero attached hydrogens (tertiary/aromatic N) is 2. The Morgan fingerprint density at radius 2 is 2.03 bits per heavy atom. The van der Waals surface area contributed by atoms with Crippen LogP contribution in [0.3, 0.4) is 0 Å². The molecule has 31 heavy (non-hydrogen) atoms. The molecule has 0 saturated heterocycles. The summed E-state index contributed by atoms with van der Waals surface area (Å²) in [5.74, 6) is 0.208. The van der Waals surface area contributed by atoms with Crippen LogP contribution in [0.15, 0.2) is 53.9 Å². The van der Waals surface area contributed by atoms with Crippen molar-refractivity contribution < 1.29 is 14.3 Å². The Hall–Kier alpha value is -3.65. The molecule has 0 saturated carbocycles. The zero-order valence-corrected chi connectivity index (χ0v) is 18.0. The van der Waals surface area contributed by atoms with Crippen LogP contribution in [0.25, 0.3) is 21.5 Å². The molecule has 158 valence electrons. The summed E-state index contributed by atoms with van der Waals surface area (Å²) in [4.78, 5) is 29.5. The van der Waals surface area contributed by atoms with E-state index in [1.165, 1.54) is 6.92 Å². The number of nitrogens with two attached hydrogens (primary N) is 1. The first-order valence-corrected chi connectivity index (χ1v) is 10.7. The number of anilines is 2. The normalized spacial score (nSPS) is 10.9. The minimum absolute atomic E-state index is 0.260. The number of amides is 1. The number of carbonyl (C=O) groups is 2. The fourth-order valence-corrected chi connectivity index (χ4v) is 4.13. The van der Waals surface area contributed by atoms with Crippen LogP contribution in [-0.2, 0) is 16.1 Å². The first kappa shape index (κ1) is 20.6. The number of benzene rings is 2. The topological polar surface area (TPSA) is 99.2 Å². The molecule has 1 amide bonds. The van der Waals surface area contributed by atoms with E-state index in [9.17, 15) is 9.59 Å². The Morgan fingerprint density at radius 1 is 1.19 bits per heavy atom. The summed E-state index contributed by atoms with van der Waals surface area (Å²) < 4.78 is 6.99. The highest BCUT2D eigenvalue weighted by atomic mass is 32.1. The Balaban J connectivity index is 1.56. The minimum atomic E-state index is -0.316. The highest BCUT2D eigenvalue weighted by Crippen LogP contribution is 2.30. The number of nitrogens with one attached hydrogen (secondary N) is 1. The lowest BCUT2D eigenvalue weighted by atomic mass is 10.1. The fraction of sp³-hybridized carbons (Fsp3) is 0.174. The predicted octanol–water partition coefficient (Wildman–Crippen LogP) is 4.47. The quantitative estimate of drug-likeness (QED) is 0.345. The van der Waals surface area contributed by atoms with Crippen molar-refractivity contribution in [3.8, 4) is 10.4 Å². The number of esters is 1. The third kappa shape index (κ3) is 4.44. The number of carbonyl (C=O) groups excluding carboxylic acids is 2. The molecule has 4 aromatic rings. The van der Waals surface area contributed by atoms with E-state index in [0.717, 1.165) is 21.8 Å². The number of thiophene rings is 1. The van der Waals surface area contributed by atoms with Crippen molar-refractivity contribution in [1.29, 1.82) is 0 Å². The number of rotatable bonds is 6. The minimum Gasteiger partial charge on any atom is -0.464 e. The van der Waals surface area contributed by atoms with Crippen LogP contribution in [0.5, 0.6) is 0 Å². The summed E-state index contributed by atoms with van der Waals surface area (Å²) in [6, 6.07) is 15.0. The van der Waals surface area contributed by atoms with Crippen molar-refractivity contribution in [1.82, 2.24) is 9.55 Å². The van der Waals surface area contributed by atoms with Crippen molar-refractivity contribution in [2.24, 2.45) is 0 Å². The van der Waals surface area contributed by atoms with Crippen LogP contribution in [-0.4, -0.2) is 28.0 Å². The number of ether oxygens (including phenoxy) is 1. The molecule has 0 unspecified atom stereocenters. The van der Waals surface area contributed by atoms with Gasteiger partial charge in [0, 0.05) is 17.4 Å². The van der Waals surface area contributed by atoms with Crippen LogP contribution in [0.1, 0.15) is 23.1 Å². The van der Waals surface area contributed by atoms with Gasteiger partial charge in [0.1, 0.15) is 12.4 Å². The first-order valence-electron chi connectivity index (χ1n) is 9.77. The monoisotopic (exact) mass is 434 g/mol. The zero-order valence-electron chi connectivity index (χ0n) is 17.2. The second-order valence-corrected chi connectivity index (χ2v) is 8.04. The van der Waals surface area contributed by atoms with E-state index in [-0.39, 0.29) is 18.5 Å². The second kappa shape index (κ2) is 8.61. The van der Waals surface area contributed by atoms with Gasteiger partial charge in [0.2, 0.25) is 0 Å². The number of aromatic nitrogens is 2. The SMILES string of the molecule is CC(=O)OCCn1c(C)nc2cc(C(=O)Nc3cc(-c4cccs4)ccc3N)ccc21. The third-order valence-electron chi connectivity index (χ3n) is 4.93. The lowest BCUT2D eigenvalue weighted by Crippen LogP contribution is -2.13. The average molecular weight is 435 g/mol. The van der Waals surface area contributed by atoms with Gasteiger partial charge in [0.25, 0.3) is 5.91 Å². The molecule has 8 heteroatoms. The van der Waals surface area contributed by atoms with Crippen molar-refractivity contribution in [2.75, 3.05) is 17.7 Å². The average Bonchev–Trinajstić information content (AvgIpc) is 3.37. The van der Waals surface area contributed by atoms with E-state index < -0.39 is 0 Å². The second-order valence-electron chi connectivity index (χ2n) is 7.09. The maximum Gasteiger partial charge on any atom is 0.302 e. The van der Waals surface area contributed by atoms with Gasteiger partial charge in [-0.15, -0.1) is 11.3 Å². The van der Waals surface area contributed by atoms with Gasteiger partial charge in [-0.1, -0.05) is 12.1 Å². The van der Waals surface area contributed by atoms with Gasteiger partial charge in [0.05, 0.1) is 29.0 Å². The number of imidazole rings is 1. The molecule has 0 fully saturated rings. The molecule has 0 bridgehead atoms. The zero-order chi connectivity index (χ0) is 22.0. The van der Waals surface area contributed by atoms with Gasteiger partial charge in [-0.2, -0.15) is 0 Å². The molecule has 0 atom stereocenters. The van der Waals surface area contributed by atoms with E-state index in [4.69, 9.17) is 10.5 Å². The van der Waals surface area contributed by atoms with Crippen LogP contribution in [0.4, 0.5) is 11.4 Å². The van der Waals surface area contributed by atoms with Crippen molar-refractivity contribution >= 4 is 45.6 Å². The molecule has 4 rings (SSSR count). The molecule has 0 spiro atoms. The molecule has 0 radical (unpaired) electrons. The van der Waals surface area contributed by atoms with Crippen molar-refractivity contribution in [2.45, 2.75) is 20.4 Å². The van der Waals surface area contributed by atoms with Crippen molar-refractivity contribution in [3.05, 3.63) is 65.3 Å². The van der Waals surface area contributed by atoms with Gasteiger partial charge < -0.3 is 20.4 Å². The summed E-state index contributed by atoms with van der Waals surface area (Å²) >= 11 is 1.63. The van der Waals surface area contributed by atoms with Crippen LogP contribution >= 0.6 is 11.3 Å².